The van der Waals surface area contributed by atoms with Crippen molar-refractivity contribution < 1.29 is 0 Å². The summed E-state index contributed by atoms with van der Waals surface area (Å²) in [5.74, 6) is 0. The third-order valence-electron chi connectivity index (χ3n) is 2.57. The van der Waals surface area contributed by atoms with Crippen LogP contribution in [0.15, 0.2) is 49.1 Å². The van der Waals surface area contributed by atoms with Crippen molar-refractivity contribution >= 4 is 49.6 Å². The molecule has 4 nitrogen and oxygen atoms in total. The van der Waals surface area contributed by atoms with E-state index in [0.29, 0.717) is 0 Å². The van der Waals surface area contributed by atoms with E-state index >= 15 is 0 Å². The van der Waals surface area contributed by atoms with Crippen molar-refractivity contribution in [3.63, 3.8) is 0 Å². The third-order valence-corrected chi connectivity index (χ3v) is 2.57. The first-order valence-electron chi connectivity index (χ1n) is 5.10. The van der Waals surface area contributed by atoms with Crippen molar-refractivity contribution in [2.24, 2.45) is 11.5 Å². The number of pyridine rings is 2. The van der Waals surface area contributed by atoms with E-state index in [4.69, 9.17) is 11.5 Å². The van der Waals surface area contributed by atoms with Gasteiger partial charge in [0.1, 0.15) is 0 Å². The SMILES string of the molecule is Cl.Cl.Cl.Cl.N[C@H](c1ccncc1)[C@H](N)c1ccncc1. The van der Waals surface area contributed by atoms with Gasteiger partial charge < -0.3 is 11.5 Å². The van der Waals surface area contributed by atoms with Crippen molar-refractivity contribution in [3.05, 3.63) is 60.2 Å². The number of halogens is 4. The topological polar surface area (TPSA) is 77.8 Å². The molecule has 0 aromatic carbocycles. The molecule has 0 aliphatic carbocycles. The van der Waals surface area contributed by atoms with Crippen LogP contribution in [0.1, 0.15) is 23.2 Å². The molecule has 2 atom stereocenters. The maximum Gasteiger partial charge on any atom is 0.0492 e. The van der Waals surface area contributed by atoms with Crippen LogP contribution in [0.25, 0.3) is 0 Å². The second kappa shape index (κ2) is 12.1. The molecule has 20 heavy (non-hydrogen) atoms. The minimum absolute atomic E-state index is 0. The fourth-order valence-corrected chi connectivity index (χ4v) is 1.59. The van der Waals surface area contributed by atoms with Crippen LogP contribution in [0, 0.1) is 0 Å². The Morgan fingerprint density at radius 2 is 0.850 bits per heavy atom. The van der Waals surface area contributed by atoms with Crippen molar-refractivity contribution in [1.82, 2.24) is 9.97 Å². The molecule has 2 heterocycles. The molecule has 0 fully saturated rings. The van der Waals surface area contributed by atoms with Crippen LogP contribution in [0.3, 0.4) is 0 Å². The number of nitrogens with two attached hydrogens (primary N) is 2. The highest BCUT2D eigenvalue weighted by atomic mass is 35.5. The van der Waals surface area contributed by atoms with E-state index in [0.717, 1.165) is 11.1 Å². The lowest BCUT2D eigenvalue weighted by atomic mass is 9.96. The van der Waals surface area contributed by atoms with E-state index in [1.165, 1.54) is 0 Å². The summed E-state index contributed by atoms with van der Waals surface area (Å²) in [4.78, 5) is 7.91. The first-order chi connectivity index (χ1) is 7.79. The van der Waals surface area contributed by atoms with Crippen LogP contribution in [-0.2, 0) is 0 Å². The van der Waals surface area contributed by atoms with Crippen LogP contribution >= 0.6 is 49.6 Å². The number of aromatic nitrogens is 2. The van der Waals surface area contributed by atoms with Crippen LogP contribution in [0.2, 0.25) is 0 Å². The Kier molecular flexibility index (Phi) is 14.8. The largest absolute Gasteiger partial charge is 0.322 e. The molecule has 0 unspecified atom stereocenters. The zero-order chi connectivity index (χ0) is 11.4. The number of rotatable bonds is 3. The maximum absolute atomic E-state index is 6.10. The Balaban J connectivity index is -0.000000722. The van der Waals surface area contributed by atoms with Gasteiger partial charge in [0.15, 0.2) is 0 Å². The zero-order valence-electron chi connectivity index (χ0n) is 10.5. The van der Waals surface area contributed by atoms with Gasteiger partial charge in [-0.3, -0.25) is 9.97 Å². The van der Waals surface area contributed by atoms with Crippen LogP contribution in [0.4, 0.5) is 0 Å². The molecule has 114 valence electrons. The molecule has 2 aromatic heterocycles. The Bertz CT molecular complexity index is 400. The quantitative estimate of drug-likeness (QED) is 0.883. The molecular weight excluding hydrogens is 342 g/mol. The molecule has 2 aromatic rings. The van der Waals surface area contributed by atoms with E-state index in [9.17, 15) is 0 Å². The molecule has 0 saturated carbocycles. The summed E-state index contributed by atoms with van der Waals surface area (Å²) in [7, 11) is 0. The zero-order valence-corrected chi connectivity index (χ0v) is 13.7. The molecule has 0 spiro atoms. The van der Waals surface area contributed by atoms with E-state index < -0.39 is 0 Å². The van der Waals surface area contributed by atoms with E-state index in [-0.39, 0.29) is 61.7 Å². The van der Waals surface area contributed by atoms with Crippen molar-refractivity contribution in [1.29, 1.82) is 0 Å². The molecule has 4 N–H and O–H groups in total. The number of nitrogens with zero attached hydrogens (tertiary/aromatic N) is 2. The molecule has 2 rings (SSSR count). The highest BCUT2D eigenvalue weighted by Crippen LogP contribution is 2.23. The first-order valence-corrected chi connectivity index (χ1v) is 5.10. The standard InChI is InChI=1S/C12H14N4.4ClH/c13-11(9-1-5-15-6-2-9)12(14)10-3-7-16-8-4-10;;;;/h1-8,11-12H,13-14H2;4*1H/t11-,12-;;;;/m1..../s1. The summed E-state index contributed by atoms with van der Waals surface area (Å²) < 4.78 is 0. The Morgan fingerprint density at radius 1 is 0.600 bits per heavy atom. The van der Waals surface area contributed by atoms with Crippen molar-refractivity contribution in [2.45, 2.75) is 12.1 Å². The normalized spacial score (nSPS) is 11.5. The average molecular weight is 360 g/mol. The molecule has 0 bridgehead atoms. The average Bonchev–Trinajstić information content (AvgIpc) is 2.39. The fraction of sp³-hybridized carbons (Fsp3) is 0.167. The van der Waals surface area contributed by atoms with Gasteiger partial charge in [-0.25, -0.2) is 0 Å². The Morgan fingerprint density at radius 3 is 1.10 bits per heavy atom. The lowest BCUT2D eigenvalue weighted by Gasteiger charge is -2.20. The lowest BCUT2D eigenvalue weighted by Crippen LogP contribution is -2.26. The van der Waals surface area contributed by atoms with E-state index in [2.05, 4.69) is 9.97 Å². The molecule has 0 radical (unpaired) electrons. The van der Waals surface area contributed by atoms with Gasteiger partial charge in [0.05, 0.1) is 0 Å². The Hall–Kier alpha value is -0.620. The molecule has 0 amide bonds. The van der Waals surface area contributed by atoms with Gasteiger partial charge in [-0.15, -0.1) is 49.6 Å². The summed E-state index contributed by atoms with van der Waals surface area (Å²) in [6.45, 7) is 0. The minimum Gasteiger partial charge on any atom is -0.322 e. The molecule has 8 heteroatoms. The lowest BCUT2D eigenvalue weighted by molar-refractivity contribution is 0.573. The Labute approximate surface area is 143 Å². The van der Waals surface area contributed by atoms with Gasteiger partial charge in [0.2, 0.25) is 0 Å². The third kappa shape index (κ3) is 6.22. The van der Waals surface area contributed by atoms with E-state index in [1.54, 1.807) is 24.8 Å². The molecule has 0 aliphatic rings. The number of hydrogen-bond donors (Lipinski definition) is 2. The predicted octanol–water partition coefficient (Wildman–Crippen LogP) is 2.86. The monoisotopic (exact) mass is 358 g/mol. The van der Waals surface area contributed by atoms with Crippen LogP contribution in [0.5, 0.6) is 0 Å². The molecular formula is C12H18Cl4N4. The highest BCUT2D eigenvalue weighted by Gasteiger charge is 2.16. The van der Waals surface area contributed by atoms with Crippen molar-refractivity contribution in [3.8, 4) is 0 Å². The van der Waals surface area contributed by atoms with E-state index in [1.807, 2.05) is 24.3 Å². The second-order valence-electron chi connectivity index (χ2n) is 3.61. The first kappa shape index (κ1) is 24.4. The summed E-state index contributed by atoms with van der Waals surface area (Å²) in [6, 6.07) is 7.06. The minimum atomic E-state index is -0.231. The fourth-order valence-electron chi connectivity index (χ4n) is 1.59. The van der Waals surface area contributed by atoms with Gasteiger partial charge >= 0.3 is 0 Å². The van der Waals surface area contributed by atoms with Gasteiger partial charge in [-0.1, -0.05) is 0 Å². The predicted molar refractivity (Wildman–Crippen MR) is 91.3 cm³/mol. The van der Waals surface area contributed by atoms with Gasteiger partial charge in [-0.2, -0.15) is 0 Å². The van der Waals surface area contributed by atoms with Crippen LogP contribution in [-0.4, -0.2) is 9.97 Å². The van der Waals surface area contributed by atoms with Gasteiger partial charge in [0.25, 0.3) is 0 Å². The number of hydrogen-bond acceptors (Lipinski definition) is 4. The highest BCUT2D eigenvalue weighted by molar-refractivity contribution is 5.86. The summed E-state index contributed by atoms with van der Waals surface area (Å²) in [5, 5.41) is 0. The maximum atomic E-state index is 6.10. The van der Waals surface area contributed by atoms with Crippen LogP contribution < -0.4 is 11.5 Å². The molecule has 0 saturated heterocycles. The van der Waals surface area contributed by atoms with Crippen molar-refractivity contribution in [2.75, 3.05) is 0 Å². The second-order valence-corrected chi connectivity index (χ2v) is 3.61. The smallest absolute Gasteiger partial charge is 0.0492 e. The van der Waals surface area contributed by atoms with Gasteiger partial charge in [-0.05, 0) is 35.4 Å². The van der Waals surface area contributed by atoms with Gasteiger partial charge in [0, 0.05) is 36.9 Å². The summed E-state index contributed by atoms with van der Waals surface area (Å²) >= 11 is 0. The summed E-state index contributed by atoms with van der Waals surface area (Å²) in [6.07, 6.45) is 6.87. The summed E-state index contributed by atoms with van der Waals surface area (Å²) in [5.41, 5.74) is 14.2. The molecule has 0 aliphatic heterocycles.